The van der Waals surface area contributed by atoms with Crippen LogP contribution in [0.5, 0.6) is 0 Å². The Kier molecular flexibility index (Phi) is 10.1. The zero-order valence-electron chi connectivity index (χ0n) is 41.5. The van der Waals surface area contributed by atoms with Crippen molar-refractivity contribution in [3.8, 4) is 50.2 Å². The standard InChI is InChI=1S/C73H48N2O/c1-5-23-49(24-6-1)55-31-14-18-38-64(55)75(66-40-20-15-32-56(66)58-35-21-37-63-71(58)59-34-13-17-36-62(59)73(63,52-25-7-2-8-26-52)53-27-9-3-10-28-53)68-41-22-42-70-72(68)61-48-51(44-46-69(61)76-70)50-43-45-67-60(47-50)57-33-16-19-39-65(57)74(67)54-29-11-4-12-30-54/h1-48H. The number of fused-ring (bicyclic) bond motifs is 9. The lowest BCUT2D eigenvalue weighted by Crippen LogP contribution is -2.28. The molecule has 15 rings (SSSR count). The molecule has 2 heterocycles. The molecule has 0 aliphatic heterocycles. The Morgan fingerprint density at radius 3 is 1.59 bits per heavy atom. The third-order valence-corrected chi connectivity index (χ3v) is 15.9. The molecule has 76 heavy (non-hydrogen) atoms. The van der Waals surface area contributed by atoms with Gasteiger partial charge >= 0.3 is 0 Å². The summed E-state index contributed by atoms with van der Waals surface area (Å²) < 4.78 is 9.27. The molecule has 356 valence electrons. The Bertz CT molecular complexity index is 4480. The van der Waals surface area contributed by atoms with Gasteiger partial charge in [0, 0.05) is 33.0 Å². The molecule has 14 aromatic rings. The van der Waals surface area contributed by atoms with Crippen LogP contribution in [0.2, 0.25) is 0 Å². The molecular formula is C73H48N2O. The summed E-state index contributed by atoms with van der Waals surface area (Å²) in [5.74, 6) is 0. The fourth-order valence-electron chi connectivity index (χ4n) is 12.7. The SMILES string of the molecule is c1ccc(-c2ccccc2N(c2ccccc2-c2cccc3c2-c2ccccc2C3(c2ccccc2)c2ccccc2)c2cccc3oc4ccc(-c5ccc6c(c5)c5ccccc5n6-c5ccccc5)cc4c23)cc1. The van der Waals surface area contributed by atoms with Crippen LogP contribution in [0.25, 0.3) is 93.9 Å². The minimum absolute atomic E-state index is 0.540. The van der Waals surface area contributed by atoms with Crippen molar-refractivity contribution in [3.63, 3.8) is 0 Å². The number of hydrogen-bond acceptors (Lipinski definition) is 2. The molecule has 1 aliphatic rings. The van der Waals surface area contributed by atoms with Gasteiger partial charge in [-0.1, -0.05) is 224 Å². The molecule has 2 aromatic heterocycles. The molecule has 0 bridgehead atoms. The van der Waals surface area contributed by atoms with Gasteiger partial charge in [-0.25, -0.2) is 0 Å². The highest BCUT2D eigenvalue weighted by atomic mass is 16.3. The second-order valence-electron chi connectivity index (χ2n) is 19.9. The van der Waals surface area contributed by atoms with Crippen LogP contribution < -0.4 is 4.90 Å². The lowest BCUT2D eigenvalue weighted by atomic mass is 9.67. The number of benzene rings is 12. The van der Waals surface area contributed by atoms with E-state index in [-0.39, 0.29) is 0 Å². The summed E-state index contributed by atoms with van der Waals surface area (Å²) in [5.41, 5.74) is 22.2. The maximum absolute atomic E-state index is 6.89. The first-order valence-electron chi connectivity index (χ1n) is 26.2. The van der Waals surface area contributed by atoms with Crippen LogP contribution in [0.3, 0.4) is 0 Å². The van der Waals surface area contributed by atoms with E-state index in [0.717, 1.165) is 72.5 Å². The van der Waals surface area contributed by atoms with Crippen molar-refractivity contribution in [1.29, 1.82) is 0 Å². The molecule has 0 amide bonds. The van der Waals surface area contributed by atoms with Gasteiger partial charge < -0.3 is 13.9 Å². The summed E-state index contributed by atoms with van der Waals surface area (Å²) >= 11 is 0. The number of hydrogen-bond donors (Lipinski definition) is 0. The van der Waals surface area contributed by atoms with Crippen molar-refractivity contribution in [1.82, 2.24) is 4.57 Å². The van der Waals surface area contributed by atoms with Crippen LogP contribution in [-0.2, 0) is 5.41 Å². The van der Waals surface area contributed by atoms with Gasteiger partial charge in [-0.3, -0.25) is 0 Å². The van der Waals surface area contributed by atoms with Crippen molar-refractivity contribution < 1.29 is 4.42 Å². The average molecular weight is 969 g/mol. The van der Waals surface area contributed by atoms with Crippen LogP contribution in [0, 0.1) is 0 Å². The largest absolute Gasteiger partial charge is 0.456 e. The van der Waals surface area contributed by atoms with Crippen molar-refractivity contribution >= 4 is 60.8 Å². The van der Waals surface area contributed by atoms with Gasteiger partial charge in [0.1, 0.15) is 11.2 Å². The van der Waals surface area contributed by atoms with E-state index in [1.165, 1.54) is 60.8 Å². The molecule has 0 fully saturated rings. The van der Waals surface area contributed by atoms with E-state index in [9.17, 15) is 0 Å². The smallest absolute Gasteiger partial charge is 0.137 e. The monoisotopic (exact) mass is 968 g/mol. The first-order chi connectivity index (χ1) is 37.7. The van der Waals surface area contributed by atoms with E-state index in [1.807, 2.05) is 0 Å². The zero-order valence-corrected chi connectivity index (χ0v) is 41.5. The molecular weight excluding hydrogens is 921 g/mol. The zero-order chi connectivity index (χ0) is 50.2. The van der Waals surface area contributed by atoms with Crippen LogP contribution in [-0.4, -0.2) is 4.57 Å². The van der Waals surface area contributed by atoms with Gasteiger partial charge in [0.2, 0.25) is 0 Å². The van der Waals surface area contributed by atoms with Gasteiger partial charge in [0.05, 0.1) is 38.9 Å². The number of aromatic nitrogens is 1. The number of rotatable bonds is 9. The summed E-state index contributed by atoms with van der Waals surface area (Å²) in [7, 11) is 0. The molecule has 1 aliphatic carbocycles. The average Bonchev–Trinajstić information content (AvgIpc) is 4.17. The molecule has 3 heteroatoms. The second kappa shape index (κ2) is 17.6. The molecule has 0 unspecified atom stereocenters. The fourth-order valence-corrected chi connectivity index (χ4v) is 12.7. The topological polar surface area (TPSA) is 21.3 Å². The quantitative estimate of drug-likeness (QED) is 0.144. The van der Waals surface area contributed by atoms with Gasteiger partial charge in [0.25, 0.3) is 0 Å². The molecule has 3 nitrogen and oxygen atoms in total. The molecule has 12 aromatic carbocycles. The van der Waals surface area contributed by atoms with Gasteiger partial charge in [0.15, 0.2) is 0 Å². The van der Waals surface area contributed by atoms with E-state index < -0.39 is 5.41 Å². The number of nitrogens with zero attached hydrogens (tertiary/aromatic N) is 2. The minimum Gasteiger partial charge on any atom is -0.456 e. The summed E-state index contributed by atoms with van der Waals surface area (Å²) in [4.78, 5) is 2.49. The molecule has 0 spiro atoms. The van der Waals surface area contributed by atoms with E-state index in [4.69, 9.17) is 4.42 Å². The lowest BCUT2D eigenvalue weighted by Gasteiger charge is -2.34. The molecule has 0 atom stereocenters. The van der Waals surface area contributed by atoms with Crippen LogP contribution in [0.4, 0.5) is 17.1 Å². The van der Waals surface area contributed by atoms with Crippen LogP contribution in [0.15, 0.2) is 296 Å². The van der Waals surface area contributed by atoms with Gasteiger partial charge in [-0.05, 0) is 122 Å². The highest BCUT2D eigenvalue weighted by Crippen LogP contribution is 2.59. The second-order valence-corrected chi connectivity index (χ2v) is 19.9. The number of furan rings is 1. The predicted octanol–water partition coefficient (Wildman–Crippen LogP) is 19.5. The van der Waals surface area contributed by atoms with Crippen molar-refractivity contribution in [2.24, 2.45) is 0 Å². The Morgan fingerprint density at radius 1 is 0.316 bits per heavy atom. The lowest BCUT2D eigenvalue weighted by molar-refractivity contribution is 0.669. The maximum Gasteiger partial charge on any atom is 0.137 e. The van der Waals surface area contributed by atoms with Crippen molar-refractivity contribution in [2.75, 3.05) is 4.90 Å². The first-order valence-corrected chi connectivity index (χ1v) is 26.2. The summed E-state index contributed by atoms with van der Waals surface area (Å²) in [6.45, 7) is 0. The molecule has 0 saturated carbocycles. The first kappa shape index (κ1) is 43.6. The predicted molar refractivity (Wildman–Crippen MR) is 316 cm³/mol. The third kappa shape index (κ3) is 6.62. The maximum atomic E-state index is 6.89. The highest BCUT2D eigenvalue weighted by Gasteiger charge is 2.47. The summed E-state index contributed by atoms with van der Waals surface area (Å²) in [6.07, 6.45) is 0. The van der Waals surface area contributed by atoms with E-state index in [1.54, 1.807) is 0 Å². The van der Waals surface area contributed by atoms with Crippen molar-refractivity contribution in [2.45, 2.75) is 5.41 Å². The third-order valence-electron chi connectivity index (χ3n) is 15.9. The minimum atomic E-state index is -0.540. The fraction of sp³-hybridized carbons (Fsp3) is 0.0137. The highest BCUT2D eigenvalue weighted by molar-refractivity contribution is 6.16. The Hall–Kier alpha value is -9.96. The number of anilines is 3. The van der Waals surface area contributed by atoms with Gasteiger partial charge in [-0.15, -0.1) is 0 Å². The van der Waals surface area contributed by atoms with E-state index >= 15 is 0 Å². The molecule has 0 N–H and O–H groups in total. The molecule has 0 saturated heterocycles. The van der Waals surface area contributed by atoms with Crippen LogP contribution in [0.1, 0.15) is 22.3 Å². The number of para-hydroxylation sites is 4. The van der Waals surface area contributed by atoms with E-state index in [0.29, 0.717) is 0 Å². The Morgan fingerprint density at radius 2 is 0.842 bits per heavy atom. The normalized spacial score (nSPS) is 12.6. The summed E-state index contributed by atoms with van der Waals surface area (Å²) in [6, 6.07) is 106. The van der Waals surface area contributed by atoms with E-state index in [2.05, 4.69) is 301 Å². The van der Waals surface area contributed by atoms with Crippen LogP contribution >= 0.6 is 0 Å². The van der Waals surface area contributed by atoms with Gasteiger partial charge in [-0.2, -0.15) is 0 Å². The summed E-state index contributed by atoms with van der Waals surface area (Å²) in [5, 5.41) is 4.55. The molecule has 0 radical (unpaired) electrons. The Labute approximate surface area is 441 Å². The van der Waals surface area contributed by atoms with Crippen molar-refractivity contribution in [3.05, 3.63) is 313 Å². The Balaban J connectivity index is 0.971.